The van der Waals surface area contributed by atoms with Crippen molar-refractivity contribution >= 4 is 39.7 Å². The van der Waals surface area contributed by atoms with Crippen molar-refractivity contribution in [3.8, 4) is 0 Å². The Kier molecular flexibility index (Phi) is 3.49. The van der Waals surface area contributed by atoms with E-state index in [2.05, 4.69) is 15.5 Å². The van der Waals surface area contributed by atoms with E-state index in [1.54, 1.807) is 0 Å². The summed E-state index contributed by atoms with van der Waals surface area (Å²) in [5.74, 6) is -0.455. The SMILES string of the molecule is O=C(Nc1nncs1)c1ccc([N+](=O)[O-])c(Cl)c1. The maximum absolute atomic E-state index is 11.7. The van der Waals surface area contributed by atoms with E-state index in [9.17, 15) is 14.9 Å². The molecule has 1 heterocycles. The Hall–Kier alpha value is -2.06. The summed E-state index contributed by atoms with van der Waals surface area (Å²) in [6.45, 7) is 0. The fourth-order valence-corrected chi connectivity index (χ4v) is 1.88. The highest BCUT2D eigenvalue weighted by Gasteiger charge is 2.15. The number of rotatable bonds is 3. The van der Waals surface area contributed by atoms with Crippen molar-refractivity contribution in [2.24, 2.45) is 0 Å². The first-order chi connectivity index (χ1) is 8.58. The van der Waals surface area contributed by atoms with Gasteiger partial charge in [0.25, 0.3) is 11.6 Å². The number of nitrogens with zero attached hydrogens (tertiary/aromatic N) is 3. The molecule has 0 atom stereocenters. The van der Waals surface area contributed by atoms with E-state index in [-0.39, 0.29) is 16.3 Å². The second kappa shape index (κ2) is 5.07. The number of hydrogen-bond donors (Lipinski definition) is 1. The molecule has 7 nitrogen and oxygen atoms in total. The smallest absolute Gasteiger partial charge is 0.287 e. The van der Waals surface area contributed by atoms with Crippen molar-refractivity contribution in [1.82, 2.24) is 10.2 Å². The van der Waals surface area contributed by atoms with Gasteiger partial charge in [0.15, 0.2) is 0 Å². The number of amides is 1. The summed E-state index contributed by atoms with van der Waals surface area (Å²) >= 11 is 6.87. The quantitative estimate of drug-likeness (QED) is 0.689. The van der Waals surface area contributed by atoms with E-state index < -0.39 is 10.8 Å². The molecule has 0 saturated heterocycles. The number of hydrogen-bond acceptors (Lipinski definition) is 6. The van der Waals surface area contributed by atoms with Crippen LogP contribution in [-0.4, -0.2) is 21.0 Å². The number of carbonyl (C=O) groups excluding carboxylic acids is 1. The molecule has 2 rings (SSSR count). The number of aromatic nitrogens is 2. The molecule has 0 saturated carbocycles. The van der Waals surface area contributed by atoms with Gasteiger partial charge in [0.1, 0.15) is 10.5 Å². The minimum Gasteiger partial charge on any atom is -0.296 e. The lowest BCUT2D eigenvalue weighted by Crippen LogP contribution is -2.11. The number of nitrogens with one attached hydrogen (secondary N) is 1. The molecule has 0 aliphatic rings. The average Bonchev–Trinajstić information content (AvgIpc) is 2.81. The van der Waals surface area contributed by atoms with E-state index >= 15 is 0 Å². The van der Waals surface area contributed by atoms with Crippen molar-refractivity contribution in [3.05, 3.63) is 44.4 Å². The normalized spacial score (nSPS) is 10.1. The summed E-state index contributed by atoms with van der Waals surface area (Å²) in [5.41, 5.74) is 1.43. The first kappa shape index (κ1) is 12.4. The molecule has 92 valence electrons. The van der Waals surface area contributed by atoms with Crippen LogP contribution in [0.15, 0.2) is 23.7 Å². The molecule has 0 aliphatic heterocycles. The summed E-state index contributed by atoms with van der Waals surface area (Å²) in [6.07, 6.45) is 0. The second-order valence-corrected chi connectivity index (χ2v) is 4.36. The first-order valence-electron chi connectivity index (χ1n) is 4.59. The molecule has 0 unspecified atom stereocenters. The Morgan fingerprint density at radius 1 is 1.50 bits per heavy atom. The highest BCUT2D eigenvalue weighted by molar-refractivity contribution is 7.13. The first-order valence-corrected chi connectivity index (χ1v) is 5.85. The molecular weight excluding hydrogens is 280 g/mol. The van der Waals surface area contributed by atoms with Crippen LogP contribution in [0, 0.1) is 10.1 Å². The number of nitro groups is 1. The second-order valence-electron chi connectivity index (χ2n) is 3.12. The van der Waals surface area contributed by atoms with Crippen molar-refractivity contribution in [2.45, 2.75) is 0 Å². The monoisotopic (exact) mass is 284 g/mol. The third-order valence-corrected chi connectivity index (χ3v) is 2.90. The van der Waals surface area contributed by atoms with Crippen LogP contribution in [0.3, 0.4) is 0 Å². The van der Waals surface area contributed by atoms with Crippen LogP contribution in [-0.2, 0) is 0 Å². The van der Waals surface area contributed by atoms with Crippen LogP contribution in [0.2, 0.25) is 5.02 Å². The summed E-state index contributed by atoms with van der Waals surface area (Å²) < 4.78 is 0. The van der Waals surface area contributed by atoms with Crippen molar-refractivity contribution in [3.63, 3.8) is 0 Å². The number of nitro benzene ring substituents is 1. The molecule has 0 fully saturated rings. The van der Waals surface area contributed by atoms with Gasteiger partial charge < -0.3 is 0 Å². The predicted molar refractivity (Wildman–Crippen MR) is 66.0 cm³/mol. The molecule has 0 aliphatic carbocycles. The minimum absolute atomic E-state index is 0.0927. The van der Waals surface area contributed by atoms with Gasteiger partial charge in [0.05, 0.1) is 4.92 Å². The molecule has 0 radical (unpaired) electrons. The van der Waals surface area contributed by atoms with E-state index in [1.165, 1.54) is 23.7 Å². The number of carbonyl (C=O) groups is 1. The zero-order valence-electron chi connectivity index (χ0n) is 8.66. The van der Waals surface area contributed by atoms with Gasteiger partial charge in [-0.05, 0) is 12.1 Å². The molecule has 0 bridgehead atoms. The highest BCUT2D eigenvalue weighted by Crippen LogP contribution is 2.25. The van der Waals surface area contributed by atoms with Gasteiger partial charge in [0.2, 0.25) is 5.13 Å². The molecule has 1 aromatic heterocycles. The standard InChI is InChI=1S/C9H5ClN4O3S/c10-6-3-5(1-2-7(6)14(16)17)8(15)12-9-13-11-4-18-9/h1-4H,(H,12,13,15). The maximum Gasteiger partial charge on any atom is 0.287 e. The molecule has 18 heavy (non-hydrogen) atoms. The van der Waals surface area contributed by atoms with Gasteiger partial charge in [0, 0.05) is 11.6 Å². The third-order valence-electron chi connectivity index (χ3n) is 1.99. The van der Waals surface area contributed by atoms with Crippen LogP contribution in [0.1, 0.15) is 10.4 Å². The van der Waals surface area contributed by atoms with Crippen molar-refractivity contribution < 1.29 is 9.72 Å². The molecule has 9 heteroatoms. The van der Waals surface area contributed by atoms with Gasteiger partial charge in [-0.25, -0.2) is 0 Å². The molecule has 0 spiro atoms. The minimum atomic E-state index is -0.616. The van der Waals surface area contributed by atoms with Gasteiger partial charge in [-0.2, -0.15) is 0 Å². The fraction of sp³-hybridized carbons (Fsp3) is 0. The lowest BCUT2D eigenvalue weighted by molar-refractivity contribution is -0.384. The molecule has 1 aromatic carbocycles. The Morgan fingerprint density at radius 2 is 2.28 bits per heavy atom. The third kappa shape index (κ3) is 2.60. The summed E-state index contributed by atoms with van der Waals surface area (Å²) in [4.78, 5) is 21.7. The topological polar surface area (TPSA) is 98.0 Å². The van der Waals surface area contributed by atoms with Crippen LogP contribution in [0.4, 0.5) is 10.8 Å². The molecule has 1 N–H and O–H groups in total. The van der Waals surface area contributed by atoms with Crippen LogP contribution in [0.25, 0.3) is 0 Å². The van der Waals surface area contributed by atoms with Crippen molar-refractivity contribution in [2.75, 3.05) is 5.32 Å². The van der Waals surface area contributed by atoms with Gasteiger partial charge in [-0.15, -0.1) is 10.2 Å². The van der Waals surface area contributed by atoms with E-state index in [4.69, 9.17) is 11.6 Å². The van der Waals surface area contributed by atoms with E-state index in [0.29, 0.717) is 5.13 Å². The number of anilines is 1. The molecular formula is C9H5ClN4O3S. The van der Waals surface area contributed by atoms with Crippen LogP contribution >= 0.6 is 22.9 Å². The summed E-state index contributed by atoms with van der Waals surface area (Å²) in [6, 6.07) is 3.73. The van der Waals surface area contributed by atoms with E-state index in [0.717, 1.165) is 11.3 Å². The summed E-state index contributed by atoms with van der Waals surface area (Å²) in [5, 5.41) is 20.5. The molecule has 1 amide bonds. The molecule has 2 aromatic rings. The highest BCUT2D eigenvalue weighted by atomic mass is 35.5. The fourth-order valence-electron chi connectivity index (χ4n) is 1.19. The Labute approximate surface area is 110 Å². The van der Waals surface area contributed by atoms with Crippen molar-refractivity contribution in [1.29, 1.82) is 0 Å². The Bertz CT molecular complexity index is 602. The van der Waals surface area contributed by atoms with Crippen LogP contribution < -0.4 is 5.32 Å². The zero-order valence-corrected chi connectivity index (χ0v) is 10.2. The summed E-state index contributed by atoms with van der Waals surface area (Å²) in [7, 11) is 0. The van der Waals surface area contributed by atoms with Gasteiger partial charge in [-0.1, -0.05) is 22.9 Å². The van der Waals surface area contributed by atoms with Crippen LogP contribution in [0.5, 0.6) is 0 Å². The number of benzene rings is 1. The number of halogens is 1. The zero-order chi connectivity index (χ0) is 13.1. The average molecular weight is 285 g/mol. The lowest BCUT2D eigenvalue weighted by atomic mass is 10.2. The van der Waals surface area contributed by atoms with Gasteiger partial charge in [-0.3, -0.25) is 20.2 Å². The van der Waals surface area contributed by atoms with Gasteiger partial charge >= 0.3 is 0 Å². The van der Waals surface area contributed by atoms with E-state index in [1.807, 2.05) is 0 Å². The Balaban J connectivity index is 2.21. The largest absolute Gasteiger partial charge is 0.296 e. The predicted octanol–water partition coefficient (Wildman–Crippen LogP) is 2.35. The Morgan fingerprint density at radius 3 is 2.83 bits per heavy atom. The maximum atomic E-state index is 11.7. The lowest BCUT2D eigenvalue weighted by Gasteiger charge is -2.02.